The van der Waals surface area contributed by atoms with Gasteiger partial charge in [-0.25, -0.2) is 4.39 Å². The van der Waals surface area contributed by atoms with E-state index in [1.54, 1.807) is 36.5 Å². The van der Waals surface area contributed by atoms with E-state index >= 15 is 0 Å². The Morgan fingerprint density at radius 2 is 1.77 bits per heavy atom. The first kappa shape index (κ1) is 22.4. The topological polar surface area (TPSA) is 96.7 Å². The Balaban J connectivity index is 1.50. The predicted molar refractivity (Wildman–Crippen MR) is 110 cm³/mol. The maximum atomic E-state index is 12.9. The summed E-state index contributed by atoms with van der Waals surface area (Å²) in [5.41, 5.74) is 1.77. The van der Waals surface area contributed by atoms with Crippen LogP contribution in [0.3, 0.4) is 0 Å². The highest BCUT2D eigenvalue weighted by atomic mass is 32.2. The van der Waals surface area contributed by atoms with E-state index in [0.29, 0.717) is 17.9 Å². The molecule has 31 heavy (non-hydrogen) atoms. The van der Waals surface area contributed by atoms with Crippen molar-refractivity contribution in [3.05, 3.63) is 93.9 Å². The lowest BCUT2D eigenvalue weighted by Crippen LogP contribution is -2.25. The van der Waals surface area contributed by atoms with Crippen LogP contribution in [0.25, 0.3) is 0 Å². The van der Waals surface area contributed by atoms with Gasteiger partial charge in [0.25, 0.3) is 15.7 Å². The molecule has 0 saturated carbocycles. The Hall–Kier alpha value is -3.24. The summed E-state index contributed by atoms with van der Waals surface area (Å²) in [7, 11) is -3.46. The first-order valence-corrected chi connectivity index (χ1v) is 11.1. The van der Waals surface area contributed by atoms with Crippen LogP contribution < -0.4 is 15.1 Å². The third-order valence-electron chi connectivity index (χ3n) is 4.10. The number of ether oxygens (including phenoxy) is 1. The van der Waals surface area contributed by atoms with Gasteiger partial charge in [-0.1, -0.05) is 18.2 Å². The zero-order valence-corrected chi connectivity index (χ0v) is 17.5. The highest BCUT2D eigenvalue weighted by Crippen LogP contribution is 2.10. The zero-order chi connectivity index (χ0) is 22.3. The van der Waals surface area contributed by atoms with E-state index in [9.17, 15) is 17.6 Å². The van der Waals surface area contributed by atoms with Gasteiger partial charge in [0.05, 0.1) is 24.8 Å². The molecule has 0 spiro atoms. The molecule has 0 radical (unpaired) electrons. The van der Waals surface area contributed by atoms with Crippen LogP contribution in [0.15, 0.2) is 65.7 Å². The molecule has 1 aromatic carbocycles. The fourth-order valence-electron chi connectivity index (χ4n) is 2.53. The van der Waals surface area contributed by atoms with Gasteiger partial charge < -0.3 is 9.57 Å². The van der Waals surface area contributed by atoms with E-state index in [4.69, 9.17) is 13.8 Å². The van der Waals surface area contributed by atoms with Crippen molar-refractivity contribution in [2.24, 2.45) is 0 Å². The molecule has 2 aromatic heterocycles. The number of hydrogen-bond acceptors (Lipinski definition) is 7. The molecule has 0 bridgehead atoms. The normalized spacial score (nSPS) is 11.3. The van der Waals surface area contributed by atoms with Crippen molar-refractivity contribution in [3.8, 4) is 5.75 Å². The van der Waals surface area contributed by atoms with Gasteiger partial charge in [-0.15, -0.1) is 0 Å². The molecule has 0 amide bonds. The SMILES string of the molecule is CS(=O)(=O)OCCc1ccc(COn2ccc(OCc3ccc(F)cc3)cc2=O)nc1. The molecule has 164 valence electrons. The fourth-order valence-corrected chi connectivity index (χ4v) is 2.91. The maximum Gasteiger partial charge on any atom is 0.286 e. The molecule has 0 atom stereocenters. The van der Waals surface area contributed by atoms with Crippen molar-refractivity contribution in [3.63, 3.8) is 0 Å². The number of aromatic nitrogens is 2. The minimum atomic E-state index is -3.46. The number of benzene rings is 1. The van der Waals surface area contributed by atoms with E-state index in [2.05, 4.69) is 4.98 Å². The quantitative estimate of drug-likeness (QED) is 0.438. The largest absolute Gasteiger partial charge is 0.489 e. The zero-order valence-electron chi connectivity index (χ0n) is 16.7. The minimum absolute atomic E-state index is 0.0430. The summed E-state index contributed by atoms with van der Waals surface area (Å²) in [6.07, 6.45) is 4.44. The lowest BCUT2D eigenvalue weighted by molar-refractivity contribution is 0.0862. The first-order valence-electron chi connectivity index (χ1n) is 9.30. The van der Waals surface area contributed by atoms with Crippen LogP contribution in [0.1, 0.15) is 16.8 Å². The van der Waals surface area contributed by atoms with Gasteiger partial charge in [-0.2, -0.15) is 13.1 Å². The number of nitrogens with zero attached hydrogens (tertiary/aromatic N) is 2. The summed E-state index contributed by atoms with van der Waals surface area (Å²) in [4.78, 5) is 21.9. The van der Waals surface area contributed by atoms with Gasteiger partial charge in [-0.05, 0) is 35.7 Å². The summed E-state index contributed by atoms with van der Waals surface area (Å²) in [5, 5.41) is 0. The second-order valence-corrected chi connectivity index (χ2v) is 8.29. The van der Waals surface area contributed by atoms with Crippen LogP contribution in [0, 0.1) is 5.82 Å². The Morgan fingerprint density at radius 3 is 2.42 bits per heavy atom. The molecule has 0 aliphatic carbocycles. The smallest absolute Gasteiger partial charge is 0.286 e. The first-order chi connectivity index (χ1) is 14.8. The molecule has 0 unspecified atom stereocenters. The second kappa shape index (κ2) is 10.2. The van der Waals surface area contributed by atoms with Crippen LogP contribution >= 0.6 is 0 Å². The average Bonchev–Trinajstić information content (AvgIpc) is 2.73. The van der Waals surface area contributed by atoms with Crippen molar-refractivity contribution in [1.29, 1.82) is 0 Å². The molecule has 8 nitrogen and oxygen atoms in total. The lowest BCUT2D eigenvalue weighted by Gasteiger charge is -2.10. The van der Waals surface area contributed by atoms with Crippen LogP contribution in [0.2, 0.25) is 0 Å². The van der Waals surface area contributed by atoms with Crippen molar-refractivity contribution < 1.29 is 26.6 Å². The van der Waals surface area contributed by atoms with E-state index < -0.39 is 15.7 Å². The Kier molecular flexibility index (Phi) is 7.37. The van der Waals surface area contributed by atoms with Gasteiger partial charge in [0.15, 0.2) is 6.61 Å². The summed E-state index contributed by atoms with van der Waals surface area (Å²) in [6.45, 7) is 0.313. The van der Waals surface area contributed by atoms with E-state index in [0.717, 1.165) is 22.1 Å². The molecule has 10 heteroatoms. The predicted octanol–water partition coefficient (Wildman–Crippen LogP) is 2.11. The Labute approximate surface area is 178 Å². The molecule has 3 rings (SSSR count). The molecule has 3 aromatic rings. The minimum Gasteiger partial charge on any atom is -0.489 e. The second-order valence-electron chi connectivity index (χ2n) is 6.65. The van der Waals surface area contributed by atoms with Crippen molar-refractivity contribution in [1.82, 2.24) is 9.71 Å². The number of hydrogen-bond donors (Lipinski definition) is 0. The molecule has 0 aliphatic rings. The molecule has 0 N–H and O–H groups in total. The standard InChI is InChI=1S/C21H21FN2O6S/c1-31(26,27)30-11-9-16-4-7-19(23-13-16)15-29-24-10-8-20(12-21(24)25)28-14-17-2-5-18(22)6-3-17/h2-8,10,12-13H,9,11,14-15H2,1H3. The number of rotatable bonds is 10. The molecular formula is C21H21FN2O6S. The lowest BCUT2D eigenvalue weighted by atomic mass is 10.2. The summed E-state index contributed by atoms with van der Waals surface area (Å²) in [5.74, 6) is 0.0431. The monoisotopic (exact) mass is 448 g/mol. The van der Waals surface area contributed by atoms with E-state index in [1.165, 1.54) is 24.4 Å². The third-order valence-corrected chi connectivity index (χ3v) is 4.70. The van der Waals surface area contributed by atoms with E-state index in [-0.39, 0.29) is 25.6 Å². The molecule has 0 saturated heterocycles. The molecule has 2 heterocycles. The number of halogens is 1. The van der Waals surface area contributed by atoms with Crippen LogP contribution in [-0.4, -0.2) is 31.0 Å². The number of pyridine rings is 2. The third kappa shape index (κ3) is 7.50. The van der Waals surface area contributed by atoms with Crippen molar-refractivity contribution in [2.75, 3.05) is 12.9 Å². The molecule has 0 aliphatic heterocycles. The van der Waals surface area contributed by atoms with Gasteiger partial charge in [-0.3, -0.25) is 14.0 Å². The average molecular weight is 448 g/mol. The highest BCUT2D eigenvalue weighted by Gasteiger charge is 2.05. The van der Waals surface area contributed by atoms with Gasteiger partial charge in [0.1, 0.15) is 18.2 Å². The summed E-state index contributed by atoms with van der Waals surface area (Å²) >= 11 is 0. The highest BCUT2D eigenvalue weighted by molar-refractivity contribution is 7.85. The molecular weight excluding hydrogens is 427 g/mol. The van der Waals surface area contributed by atoms with Crippen molar-refractivity contribution in [2.45, 2.75) is 19.6 Å². The molecule has 0 fully saturated rings. The Morgan fingerprint density at radius 1 is 1.03 bits per heavy atom. The van der Waals surface area contributed by atoms with E-state index in [1.807, 2.05) is 0 Å². The van der Waals surface area contributed by atoms with Gasteiger partial charge in [0.2, 0.25) is 0 Å². The van der Waals surface area contributed by atoms with Crippen molar-refractivity contribution >= 4 is 10.1 Å². The van der Waals surface area contributed by atoms with Gasteiger partial charge in [0, 0.05) is 18.3 Å². The summed E-state index contributed by atoms with van der Waals surface area (Å²) < 4.78 is 46.1. The van der Waals surface area contributed by atoms with Gasteiger partial charge >= 0.3 is 0 Å². The summed E-state index contributed by atoms with van der Waals surface area (Å²) in [6, 6.07) is 12.3. The van der Waals surface area contributed by atoms with Crippen LogP contribution in [0.4, 0.5) is 4.39 Å². The van der Waals surface area contributed by atoms with Crippen LogP contribution in [-0.2, 0) is 33.9 Å². The van der Waals surface area contributed by atoms with Crippen LogP contribution in [0.5, 0.6) is 5.75 Å². The fraction of sp³-hybridized carbons (Fsp3) is 0.238. The maximum absolute atomic E-state index is 12.9. The Bertz CT molecular complexity index is 1160.